The van der Waals surface area contributed by atoms with Gasteiger partial charge in [-0.1, -0.05) is 18.6 Å². The van der Waals surface area contributed by atoms with Crippen LogP contribution in [0.25, 0.3) is 0 Å². The normalized spacial score (nSPS) is 12.1. The molecule has 0 aliphatic carbocycles. The first-order valence-electron chi connectivity index (χ1n) is 6.69. The van der Waals surface area contributed by atoms with E-state index in [0.717, 1.165) is 5.56 Å². The molecule has 0 unspecified atom stereocenters. The van der Waals surface area contributed by atoms with Gasteiger partial charge in [0.25, 0.3) is 0 Å². The molecular formula is C15H22N2O2S. The lowest BCUT2D eigenvalue weighted by Crippen LogP contribution is -2.12. The van der Waals surface area contributed by atoms with E-state index in [1.165, 1.54) is 0 Å². The summed E-state index contributed by atoms with van der Waals surface area (Å²) in [5.74, 6) is 0.0716. The first-order valence-corrected chi connectivity index (χ1v) is 8.34. The van der Waals surface area contributed by atoms with E-state index >= 15 is 0 Å². The van der Waals surface area contributed by atoms with Crippen molar-refractivity contribution >= 4 is 15.5 Å². The van der Waals surface area contributed by atoms with Gasteiger partial charge in [0.2, 0.25) is 0 Å². The van der Waals surface area contributed by atoms with Crippen molar-refractivity contribution in [3.63, 3.8) is 0 Å². The molecule has 0 heterocycles. The van der Waals surface area contributed by atoms with Crippen molar-refractivity contribution < 1.29 is 8.42 Å². The number of unbranched alkanes of at least 4 members (excludes halogenated alkanes) is 1. The first-order chi connectivity index (χ1) is 9.19. The van der Waals surface area contributed by atoms with Gasteiger partial charge in [-0.15, -0.1) is 0 Å². The highest BCUT2D eigenvalue weighted by Gasteiger charge is 2.20. The van der Waals surface area contributed by atoms with E-state index in [1.807, 2.05) is 13.8 Å². The zero-order valence-corrected chi connectivity index (χ0v) is 13.1. The van der Waals surface area contributed by atoms with Gasteiger partial charge in [-0.25, -0.2) is 8.42 Å². The Kier molecular flexibility index (Phi) is 5.18. The van der Waals surface area contributed by atoms with Gasteiger partial charge in [0, 0.05) is 0 Å². The maximum Gasteiger partial charge on any atom is 0.180 e. The van der Waals surface area contributed by atoms with Crippen LogP contribution in [0.5, 0.6) is 0 Å². The highest BCUT2D eigenvalue weighted by Crippen LogP contribution is 2.25. The van der Waals surface area contributed by atoms with E-state index in [0.29, 0.717) is 24.9 Å². The molecule has 0 atom stereocenters. The zero-order valence-electron chi connectivity index (χ0n) is 12.3. The molecule has 0 saturated heterocycles. The van der Waals surface area contributed by atoms with Crippen LogP contribution in [0.1, 0.15) is 38.7 Å². The minimum Gasteiger partial charge on any atom is -0.397 e. The van der Waals surface area contributed by atoms with E-state index in [4.69, 9.17) is 11.0 Å². The van der Waals surface area contributed by atoms with Gasteiger partial charge in [-0.05, 0) is 45.2 Å². The average Bonchev–Trinajstić information content (AvgIpc) is 2.38. The van der Waals surface area contributed by atoms with Crippen LogP contribution in [0.3, 0.4) is 0 Å². The second kappa shape index (κ2) is 6.27. The predicted octanol–water partition coefficient (Wildman–Crippen LogP) is 3.07. The molecular weight excluding hydrogens is 272 g/mol. The number of nitrogens with two attached hydrogens (primary N) is 1. The minimum absolute atomic E-state index is 0.0716. The van der Waals surface area contributed by atoms with Crippen molar-refractivity contribution in [3.05, 3.63) is 23.8 Å². The van der Waals surface area contributed by atoms with Crippen LogP contribution >= 0.6 is 0 Å². The number of nitriles is 1. The summed E-state index contributed by atoms with van der Waals surface area (Å²) in [7, 11) is -3.35. The Labute approximate surface area is 121 Å². The molecule has 20 heavy (non-hydrogen) atoms. The standard InChI is InChI=1S/C15H22N2O2S/c1-12-7-6-8-13(14(12)17)20(18,19)10-5-4-9-15(2,3)11-16/h6-8H,4-5,9-10,17H2,1-3H3. The molecule has 0 saturated carbocycles. The molecule has 0 aromatic heterocycles. The number of rotatable bonds is 6. The Bertz CT molecular complexity index is 613. The molecule has 0 radical (unpaired) electrons. The molecule has 5 heteroatoms. The first kappa shape index (κ1) is 16.5. The van der Waals surface area contributed by atoms with E-state index in [-0.39, 0.29) is 10.6 Å². The number of aryl methyl sites for hydroxylation is 1. The third-order valence-corrected chi connectivity index (χ3v) is 5.24. The number of nitrogens with zero attached hydrogens (tertiary/aromatic N) is 1. The lowest BCUT2D eigenvalue weighted by Gasteiger charge is -2.14. The second-order valence-electron chi connectivity index (χ2n) is 5.76. The van der Waals surface area contributed by atoms with Crippen LogP contribution in [0, 0.1) is 23.7 Å². The quantitative estimate of drug-likeness (QED) is 0.645. The van der Waals surface area contributed by atoms with Gasteiger partial charge in [0.05, 0.1) is 27.8 Å². The molecule has 0 amide bonds. The number of benzene rings is 1. The smallest absolute Gasteiger partial charge is 0.180 e. The molecule has 0 aliphatic heterocycles. The Morgan fingerprint density at radius 2 is 1.95 bits per heavy atom. The van der Waals surface area contributed by atoms with Crippen molar-refractivity contribution in [2.45, 2.75) is 44.9 Å². The summed E-state index contributed by atoms with van der Waals surface area (Å²) in [6.07, 6.45) is 1.95. The number of sulfone groups is 1. The summed E-state index contributed by atoms with van der Waals surface area (Å²) >= 11 is 0. The zero-order chi connectivity index (χ0) is 15.4. The largest absolute Gasteiger partial charge is 0.397 e. The van der Waals surface area contributed by atoms with Crippen molar-refractivity contribution in [1.82, 2.24) is 0 Å². The van der Waals surface area contributed by atoms with Crippen LogP contribution in [0.15, 0.2) is 23.1 Å². The van der Waals surface area contributed by atoms with Crippen LogP contribution in [0.4, 0.5) is 5.69 Å². The third-order valence-electron chi connectivity index (χ3n) is 3.39. The molecule has 4 nitrogen and oxygen atoms in total. The molecule has 0 spiro atoms. The predicted molar refractivity (Wildman–Crippen MR) is 80.9 cm³/mol. The fourth-order valence-electron chi connectivity index (χ4n) is 1.95. The molecule has 2 N–H and O–H groups in total. The average molecular weight is 294 g/mol. The molecule has 110 valence electrons. The Morgan fingerprint density at radius 1 is 1.30 bits per heavy atom. The lowest BCUT2D eigenvalue weighted by atomic mass is 9.89. The van der Waals surface area contributed by atoms with E-state index in [2.05, 4.69) is 6.07 Å². The molecule has 0 aliphatic rings. The van der Waals surface area contributed by atoms with E-state index in [9.17, 15) is 8.42 Å². The van der Waals surface area contributed by atoms with E-state index in [1.54, 1.807) is 25.1 Å². The summed E-state index contributed by atoms with van der Waals surface area (Å²) in [4.78, 5) is 0.219. The highest BCUT2D eigenvalue weighted by molar-refractivity contribution is 7.91. The van der Waals surface area contributed by atoms with Crippen LogP contribution in [-0.2, 0) is 9.84 Å². The summed E-state index contributed by atoms with van der Waals surface area (Å²) < 4.78 is 24.5. The molecule has 1 aromatic carbocycles. The number of hydrogen-bond acceptors (Lipinski definition) is 4. The van der Waals surface area contributed by atoms with Gasteiger partial charge in [0.1, 0.15) is 0 Å². The van der Waals surface area contributed by atoms with Crippen LogP contribution < -0.4 is 5.73 Å². The van der Waals surface area contributed by atoms with Crippen LogP contribution in [-0.4, -0.2) is 14.2 Å². The Hall–Kier alpha value is -1.54. The summed E-state index contributed by atoms with van der Waals surface area (Å²) in [6.45, 7) is 5.52. The SMILES string of the molecule is Cc1cccc(S(=O)(=O)CCCCC(C)(C)C#N)c1N. The second-order valence-corrected chi connectivity index (χ2v) is 7.84. The molecule has 1 aromatic rings. The fourth-order valence-corrected chi connectivity index (χ4v) is 3.54. The monoisotopic (exact) mass is 294 g/mol. The van der Waals surface area contributed by atoms with Crippen molar-refractivity contribution in [1.29, 1.82) is 5.26 Å². The number of nitrogen functional groups attached to an aromatic ring is 1. The van der Waals surface area contributed by atoms with Gasteiger partial charge >= 0.3 is 0 Å². The summed E-state index contributed by atoms with van der Waals surface area (Å²) in [5, 5.41) is 8.91. The number of para-hydroxylation sites is 1. The fraction of sp³-hybridized carbons (Fsp3) is 0.533. The van der Waals surface area contributed by atoms with Crippen LogP contribution in [0.2, 0.25) is 0 Å². The summed E-state index contributed by atoms with van der Waals surface area (Å²) in [5.41, 5.74) is 6.56. The van der Waals surface area contributed by atoms with Gasteiger partial charge in [-0.2, -0.15) is 5.26 Å². The molecule has 0 fully saturated rings. The highest BCUT2D eigenvalue weighted by atomic mass is 32.2. The minimum atomic E-state index is -3.35. The Balaban J connectivity index is 2.68. The summed E-state index contributed by atoms with van der Waals surface area (Å²) in [6, 6.07) is 7.27. The van der Waals surface area contributed by atoms with Gasteiger partial charge < -0.3 is 5.73 Å². The van der Waals surface area contributed by atoms with Crippen molar-refractivity contribution in [3.8, 4) is 6.07 Å². The van der Waals surface area contributed by atoms with Crippen molar-refractivity contribution in [2.24, 2.45) is 5.41 Å². The van der Waals surface area contributed by atoms with Gasteiger partial charge in [0.15, 0.2) is 9.84 Å². The number of hydrogen-bond donors (Lipinski definition) is 1. The third kappa shape index (κ3) is 4.24. The maximum atomic E-state index is 12.3. The molecule has 1 rings (SSSR count). The topological polar surface area (TPSA) is 84.0 Å². The number of anilines is 1. The van der Waals surface area contributed by atoms with E-state index < -0.39 is 15.3 Å². The van der Waals surface area contributed by atoms with Crippen molar-refractivity contribution in [2.75, 3.05) is 11.5 Å². The lowest BCUT2D eigenvalue weighted by molar-refractivity contribution is 0.431. The maximum absolute atomic E-state index is 12.3. The Morgan fingerprint density at radius 3 is 2.55 bits per heavy atom. The van der Waals surface area contributed by atoms with Gasteiger partial charge in [-0.3, -0.25) is 0 Å². The molecule has 0 bridgehead atoms.